The molecule has 1 aliphatic carbocycles. The first-order chi connectivity index (χ1) is 14.3. The van der Waals surface area contributed by atoms with Crippen molar-refractivity contribution in [1.82, 2.24) is 9.78 Å². The van der Waals surface area contributed by atoms with Crippen LogP contribution in [0.3, 0.4) is 0 Å². The van der Waals surface area contributed by atoms with Crippen LogP contribution in [-0.2, 0) is 10.3 Å². The number of aromatic carboxylic acids is 1. The van der Waals surface area contributed by atoms with Crippen LogP contribution in [0.2, 0.25) is 0 Å². The van der Waals surface area contributed by atoms with Crippen molar-refractivity contribution in [2.75, 3.05) is 11.9 Å². The molecule has 0 fully saturated rings. The minimum atomic E-state index is -1.17. The first-order valence-electron chi connectivity index (χ1n) is 9.71. The summed E-state index contributed by atoms with van der Waals surface area (Å²) in [7, 11) is 0. The Balaban J connectivity index is 1.55. The first kappa shape index (κ1) is 19.7. The van der Waals surface area contributed by atoms with Gasteiger partial charge in [-0.2, -0.15) is 5.10 Å². The zero-order valence-electron chi connectivity index (χ0n) is 17.0. The van der Waals surface area contributed by atoms with E-state index in [1.165, 1.54) is 10.9 Å². The molecule has 1 heterocycles. The first-order valence-corrected chi connectivity index (χ1v) is 9.71. The number of fused-ring (bicyclic) bond motifs is 3. The quantitative estimate of drug-likeness (QED) is 0.656. The van der Waals surface area contributed by atoms with E-state index in [4.69, 9.17) is 4.74 Å². The molecular formula is C23H23N3O4. The fourth-order valence-corrected chi connectivity index (χ4v) is 3.87. The Morgan fingerprint density at radius 1 is 1.07 bits per heavy atom. The van der Waals surface area contributed by atoms with Gasteiger partial charge in [0, 0.05) is 5.92 Å². The molecule has 7 nitrogen and oxygen atoms in total. The molecular weight excluding hydrogens is 382 g/mol. The Kier molecular flexibility index (Phi) is 4.81. The molecule has 2 N–H and O–H groups in total. The number of ether oxygens (including phenoxy) is 1. The largest absolute Gasteiger partial charge is 0.477 e. The van der Waals surface area contributed by atoms with E-state index in [0.717, 1.165) is 22.3 Å². The summed E-state index contributed by atoms with van der Waals surface area (Å²) in [5.74, 6) is -1.14. The highest BCUT2D eigenvalue weighted by Gasteiger charge is 2.30. The molecule has 0 aliphatic heterocycles. The lowest BCUT2D eigenvalue weighted by molar-refractivity contribution is 0.0698. The molecule has 0 spiro atoms. The molecule has 30 heavy (non-hydrogen) atoms. The molecule has 1 aliphatic rings. The van der Waals surface area contributed by atoms with Crippen LogP contribution >= 0.6 is 0 Å². The van der Waals surface area contributed by atoms with Crippen molar-refractivity contribution in [3.63, 3.8) is 0 Å². The highest BCUT2D eigenvalue weighted by molar-refractivity contribution is 5.97. The number of benzene rings is 2. The van der Waals surface area contributed by atoms with Crippen LogP contribution in [0.15, 0.2) is 54.7 Å². The van der Waals surface area contributed by atoms with E-state index in [0.29, 0.717) is 0 Å². The third-order valence-corrected chi connectivity index (χ3v) is 5.20. The SMILES string of the molecule is CC(C)(C)n1ncc(C(=O)O)c1NC(=O)OCC1c2ccccc2-c2ccccc21. The van der Waals surface area contributed by atoms with E-state index in [9.17, 15) is 14.7 Å². The smallest absolute Gasteiger partial charge is 0.412 e. The zero-order valence-corrected chi connectivity index (χ0v) is 17.0. The standard InChI is InChI=1S/C23H23N3O4/c1-23(2,3)26-20(18(12-24-26)21(27)28)25-22(29)30-13-19-16-10-6-4-8-14(16)15-9-5-7-11-17(15)19/h4-12,19H,13H2,1-3H3,(H,25,29)(H,27,28). The molecule has 0 radical (unpaired) electrons. The van der Waals surface area contributed by atoms with Crippen LogP contribution in [0.5, 0.6) is 0 Å². The normalized spacial score (nSPS) is 12.9. The molecule has 2 aromatic carbocycles. The monoisotopic (exact) mass is 405 g/mol. The summed E-state index contributed by atoms with van der Waals surface area (Å²) < 4.78 is 7.00. The number of rotatable bonds is 4. The van der Waals surface area contributed by atoms with Crippen molar-refractivity contribution < 1.29 is 19.4 Å². The molecule has 7 heteroatoms. The second-order valence-corrected chi connectivity index (χ2v) is 8.25. The third kappa shape index (κ3) is 3.43. The topological polar surface area (TPSA) is 93.5 Å². The van der Waals surface area contributed by atoms with E-state index < -0.39 is 17.6 Å². The lowest BCUT2D eigenvalue weighted by Crippen LogP contribution is -2.28. The van der Waals surface area contributed by atoms with Gasteiger partial charge in [0.05, 0.1) is 11.7 Å². The number of hydrogen-bond acceptors (Lipinski definition) is 4. The highest BCUT2D eigenvalue weighted by atomic mass is 16.5. The van der Waals surface area contributed by atoms with Gasteiger partial charge in [-0.1, -0.05) is 48.5 Å². The Bertz CT molecular complexity index is 1080. The summed E-state index contributed by atoms with van der Waals surface area (Å²) in [6, 6.07) is 16.1. The molecule has 3 aromatic rings. The Morgan fingerprint density at radius 3 is 2.17 bits per heavy atom. The number of carboxylic acid groups (broad SMARTS) is 1. The van der Waals surface area contributed by atoms with E-state index in [1.54, 1.807) is 0 Å². The number of hydrogen-bond donors (Lipinski definition) is 2. The molecule has 4 rings (SSSR count). The van der Waals surface area contributed by atoms with E-state index in [2.05, 4.69) is 22.5 Å². The maximum absolute atomic E-state index is 12.6. The Hall–Kier alpha value is -3.61. The van der Waals surface area contributed by atoms with Gasteiger partial charge in [-0.05, 0) is 43.0 Å². The molecule has 0 saturated heterocycles. The zero-order chi connectivity index (χ0) is 21.5. The maximum atomic E-state index is 12.6. The van der Waals surface area contributed by atoms with Crippen molar-refractivity contribution in [3.05, 3.63) is 71.4 Å². The Labute approximate surface area is 174 Å². The fourth-order valence-electron chi connectivity index (χ4n) is 3.87. The van der Waals surface area contributed by atoms with Gasteiger partial charge in [0.15, 0.2) is 0 Å². The molecule has 1 aromatic heterocycles. The summed E-state index contributed by atoms with van der Waals surface area (Å²) in [5.41, 5.74) is 3.90. The van der Waals surface area contributed by atoms with Gasteiger partial charge in [-0.25, -0.2) is 14.3 Å². The molecule has 1 amide bonds. The number of carboxylic acids is 1. The predicted octanol–water partition coefficient (Wildman–Crippen LogP) is 4.70. The summed E-state index contributed by atoms with van der Waals surface area (Å²) in [4.78, 5) is 24.1. The van der Waals surface area contributed by atoms with Gasteiger partial charge in [0.25, 0.3) is 0 Å². The van der Waals surface area contributed by atoms with Crippen LogP contribution in [0.4, 0.5) is 10.6 Å². The maximum Gasteiger partial charge on any atom is 0.412 e. The van der Waals surface area contributed by atoms with Gasteiger partial charge in [0.1, 0.15) is 18.0 Å². The van der Waals surface area contributed by atoms with Crippen molar-refractivity contribution in [2.45, 2.75) is 32.2 Å². The fraction of sp³-hybridized carbons (Fsp3) is 0.261. The highest BCUT2D eigenvalue weighted by Crippen LogP contribution is 2.44. The average Bonchev–Trinajstić information content (AvgIpc) is 3.26. The van der Waals surface area contributed by atoms with Crippen LogP contribution in [0.1, 0.15) is 48.2 Å². The van der Waals surface area contributed by atoms with Crippen molar-refractivity contribution >= 4 is 17.9 Å². The van der Waals surface area contributed by atoms with Crippen molar-refractivity contribution in [2.24, 2.45) is 0 Å². The van der Waals surface area contributed by atoms with Crippen molar-refractivity contribution in [3.8, 4) is 11.1 Å². The van der Waals surface area contributed by atoms with E-state index in [-0.39, 0.29) is 23.9 Å². The predicted molar refractivity (Wildman–Crippen MR) is 113 cm³/mol. The number of carbonyl (C=O) groups excluding carboxylic acids is 1. The lowest BCUT2D eigenvalue weighted by Gasteiger charge is -2.22. The van der Waals surface area contributed by atoms with E-state index >= 15 is 0 Å². The summed E-state index contributed by atoms with van der Waals surface area (Å²) in [5, 5.41) is 16.1. The van der Waals surface area contributed by atoms with Gasteiger partial charge in [-0.3, -0.25) is 5.32 Å². The number of carbonyl (C=O) groups is 2. The molecule has 0 atom stereocenters. The van der Waals surface area contributed by atoms with Gasteiger partial charge < -0.3 is 9.84 Å². The van der Waals surface area contributed by atoms with Gasteiger partial charge in [-0.15, -0.1) is 0 Å². The van der Waals surface area contributed by atoms with Crippen LogP contribution < -0.4 is 5.32 Å². The number of aromatic nitrogens is 2. The van der Waals surface area contributed by atoms with Gasteiger partial charge in [0.2, 0.25) is 0 Å². The minimum Gasteiger partial charge on any atom is -0.477 e. The molecule has 0 bridgehead atoms. The Morgan fingerprint density at radius 2 is 1.63 bits per heavy atom. The molecule has 0 saturated carbocycles. The number of nitrogens with one attached hydrogen (secondary N) is 1. The minimum absolute atomic E-state index is 0.0744. The number of nitrogens with zero attached hydrogens (tertiary/aromatic N) is 2. The van der Waals surface area contributed by atoms with Crippen LogP contribution in [0.25, 0.3) is 11.1 Å². The van der Waals surface area contributed by atoms with E-state index in [1.807, 2.05) is 57.2 Å². The second kappa shape index (κ2) is 7.33. The molecule has 0 unspecified atom stereocenters. The lowest BCUT2D eigenvalue weighted by atomic mass is 9.98. The number of amides is 1. The van der Waals surface area contributed by atoms with Gasteiger partial charge >= 0.3 is 12.1 Å². The number of anilines is 1. The summed E-state index contributed by atoms with van der Waals surface area (Å²) in [6.07, 6.45) is 0.512. The second-order valence-electron chi connectivity index (χ2n) is 8.25. The average molecular weight is 405 g/mol. The summed E-state index contributed by atoms with van der Waals surface area (Å²) in [6.45, 7) is 5.75. The van der Waals surface area contributed by atoms with Crippen LogP contribution in [0, 0.1) is 0 Å². The van der Waals surface area contributed by atoms with Crippen molar-refractivity contribution in [1.29, 1.82) is 0 Å². The molecule has 154 valence electrons. The third-order valence-electron chi connectivity index (χ3n) is 5.20. The summed E-state index contributed by atoms with van der Waals surface area (Å²) >= 11 is 0. The van der Waals surface area contributed by atoms with Crippen LogP contribution in [-0.4, -0.2) is 33.6 Å².